The van der Waals surface area contributed by atoms with Crippen LogP contribution in [0.2, 0.25) is 0 Å². The van der Waals surface area contributed by atoms with Crippen molar-refractivity contribution < 1.29 is 32.9 Å². The summed E-state index contributed by atoms with van der Waals surface area (Å²) < 4.78 is 23.1. The number of unbranched alkanes of at least 4 members (excludes halogenated alkanes) is 18. The number of amides is 1. The molecule has 45 heavy (non-hydrogen) atoms. The maximum atomic E-state index is 12.7. The van der Waals surface area contributed by atoms with E-state index in [9.17, 15) is 19.4 Å². The van der Waals surface area contributed by atoms with Crippen LogP contribution in [0.5, 0.6) is 0 Å². The molecule has 9 heteroatoms. The molecule has 0 saturated carbocycles. The zero-order valence-corrected chi connectivity index (χ0v) is 31.0. The molecule has 0 bridgehead atoms. The number of phosphoric ester groups is 1. The first-order valence-electron chi connectivity index (χ1n) is 18.5. The zero-order valence-electron chi connectivity index (χ0n) is 30.1. The Hall–Kier alpha value is -0.760. The molecule has 1 unspecified atom stereocenters. The van der Waals surface area contributed by atoms with Crippen molar-refractivity contribution in [2.24, 2.45) is 0 Å². The van der Waals surface area contributed by atoms with Gasteiger partial charge in [-0.2, -0.15) is 0 Å². The van der Waals surface area contributed by atoms with Crippen LogP contribution in [0.3, 0.4) is 0 Å². The summed E-state index contributed by atoms with van der Waals surface area (Å²) in [5.74, 6) is -0.179. The average molecular weight is 661 g/mol. The molecule has 268 valence electrons. The maximum Gasteiger partial charge on any atom is 0.268 e. The van der Waals surface area contributed by atoms with Crippen molar-refractivity contribution in [3.05, 3.63) is 12.2 Å². The normalized spacial score (nSPS) is 14.9. The van der Waals surface area contributed by atoms with Gasteiger partial charge >= 0.3 is 0 Å². The standard InChI is InChI=1S/C36H73N2O6P/c1-6-8-10-12-14-16-17-18-19-20-22-23-25-27-29-35(39)34(33-44-45(41,42)43-32-31-38(3,4)5)37-36(40)30-28-26-24-21-15-13-11-9-7-2/h20,22,34-35,39H,6-19,21,23-33H2,1-5H3,(H-,37,40,41,42)/b22-20+/t34-,35+/m0/s1. The van der Waals surface area contributed by atoms with Crippen LogP contribution in [0, 0.1) is 0 Å². The van der Waals surface area contributed by atoms with E-state index in [-0.39, 0.29) is 19.1 Å². The van der Waals surface area contributed by atoms with Crippen molar-refractivity contribution in [1.29, 1.82) is 0 Å². The Morgan fingerprint density at radius 3 is 1.73 bits per heavy atom. The summed E-state index contributed by atoms with van der Waals surface area (Å²) >= 11 is 0. The van der Waals surface area contributed by atoms with E-state index in [4.69, 9.17) is 9.05 Å². The molecule has 0 spiro atoms. The number of aliphatic hydroxyl groups is 1. The number of hydrogen-bond acceptors (Lipinski definition) is 6. The van der Waals surface area contributed by atoms with E-state index in [1.165, 1.54) is 89.9 Å². The highest BCUT2D eigenvalue weighted by atomic mass is 31.2. The van der Waals surface area contributed by atoms with E-state index in [0.29, 0.717) is 23.9 Å². The first-order valence-corrected chi connectivity index (χ1v) is 20.0. The second-order valence-electron chi connectivity index (χ2n) is 13.9. The fourth-order valence-corrected chi connectivity index (χ4v) is 5.93. The minimum absolute atomic E-state index is 0.00895. The zero-order chi connectivity index (χ0) is 33.7. The maximum absolute atomic E-state index is 12.7. The molecule has 0 radical (unpaired) electrons. The number of aliphatic hydroxyl groups excluding tert-OH is 1. The molecule has 0 aromatic carbocycles. The van der Waals surface area contributed by atoms with Gasteiger partial charge in [0.2, 0.25) is 5.91 Å². The molecule has 0 saturated heterocycles. The Morgan fingerprint density at radius 2 is 1.22 bits per heavy atom. The number of quaternary nitrogens is 1. The lowest BCUT2D eigenvalue weighted by molar-refractivity contribution is -0.870. The molecule has 0 rings (SSSR count). The van der Waals surface area contributed by atoms with Gasteiger partial charge in [0, 0.05) is 6.42 Å². The van der Waals surface area contributed by atoms with Crippen LogP contribution in [0.1, 0.15) is 162 Å². The summed E-state index contributed by atoms with van der Waals surface area (Å²) in [5, 5.41) is 13.8. The quantitative estimate of drug-likeness (QED) is 0.0316. The van der Waals surface area contributed by atoms with Crippen LogP contribution >= 0.6 is 7.82 Å². The van der Waals surface area contributed by atoms with E-state index in [1.807, 2.05) is 21.1 Å². The van der Waals surface area contributed by atoms with Crippen molar-refractivity contribution in [2.75, 3.05) is 40.9 Å². The molecule has 0 aliphatic rings. The lowest BCUT2D eigenvalue weighted by Gasteiger charge is -2.30. The van der Waals surface area contributed by atoms with Gasteiger partial charge in [-0.25, -0.2) is 0 Å². The number of allylic oxidation sites excluding steroid dienone is 2. The Kier molecular flexibility index (Phi) is 28.9. The van der Waals surface area contributed by atoms with Gasteiger partial charge in [-0.05, 0) is 38.5 Å². The highest BCUT2D eigenvalue weighted by Crippen LogP contribution is 2.38. The third kappa shape index (κ3) is 31.6. The smallest absolute Gasteiger partial charge is 0.268 e. The van der Waals surface area contributed by atoms with Gasteiger partial charge in [-0.3, -0.25) is 9.36 Å². The molecule has 1 amide bonds. The summed E-state index contributed by atoms with van der Waals surface area (Å²) in [6, 6.07) is -0.808. The second kappa shape index (κ2) is 29.4. The third-order valence-corrected chi connectivity index (χ3v) is 9.22. The Labute approximate surface area is 278 Å². The number of hydrogen-bond donors (Lipinski definition) is 2. The number of carbonyl (C=O) groups excluding carboxylic acids is 1. The predicted octanol–water partition coefficient (Wildman–Crippen LogP) is 8.61. The molecule has 0 fully saturated rings. The highest BCUT2D eigenvalue weighted by molar-refractivity contribution is 7.45. The number of phosphoric acid groups is 1. The summed E-state index contributed by atoms with van der Waals surface area (Å²) in [6.07, 6.45) is 29.3. The van der Waals surface area contributed by atoms with E-state index < -0.39 is 20.0 Å². The monoisotopic (exact) mass is 661 g/mol. The van der Waals surface area contributed by atoms with Gasteiger partial charge in [0.15, 0.2) is 0 Å². The van der Waals surface area contributed by atoms with Gasteiger partial charge in [-0.15, -0.1) is 0 Å². The highest BCUT2D eigenvalue weighted by Gasteiger charge is 2.24. The molecule has 0 aromatic heterocycles. The van der Waals surface area contributed by atoms with Crippen LogP contribution < -0.4 is 10.2 Å². The van der Waals surface area contributed by atoms with Gasteiger partial charge in [0.25, 0.3) is 7.82 Å². The number of carbonyl (C=O) groups is 1. The largest absolute Gasteiger partial charge is 0.756 e. The van der Waals surface area contributed by atoms with Gasteiger partial charge in [-0.1, -0.05) is 129 Å². The van der Waals surface area contributed by atoms with E-state index in [2.05, 4.69) is 31.3 Å². The molecule has 0 aliphatic carbocycles. The first kappa shape index (κ1) is 44.2. The van der Waals surface area contributed by atoms with Crippen molar-refractivity contribution in [3.8, 4) is 0 Å². The van der Waals surface area contributed by atoms with Gasteiger partial charge in [0.05, 0.1) is 39.9 Å². The predicted molar refractivity (Wildman–Crippen MR) is 187 cm³/mol. The van der Waals surface area contributed by atoms with Crippen molar-refractivity contribution in [1.82, 2.24) is 5.32 Å². The minimum atomic E-state index is -4.55. The van der Waals surface area contributed by atoms with Gasteiger partial charge < -0.3 is 28.8 Å². The first-order chi connectivity index (χ1) is 21.5. The number of rotatable bonds is 33. The topological polar surface area (TPSA) is 108 Å². The molecule has 0 aliphatic heterocycles. The van der Waals surface area contributed by atoms with E-state index in [1.54, 1.807) is 0 Å². The molecule has 3 atom stereocenters. The molecule has 0 heterocycles. The summed E-state index contributed by atoms with van der Waals surface area (Å²) in [6.45, 7) is 4.65. The van der Waals surface area contributed by atoms with Crippen LogP contribution in [-0.2, 0) is 18.4 Å². The third-order valence-electron chi connectivity index (χ3n) is 8.25. The average Bonchev–Trinajstić information content (AvgIpc) is 2.97. The van der Waals surface area contributed by atoms with Crippen LogP contribution in [0.25, 0.3) is 0 Å². The van der Waals surface area contributed by atoms with Crippen LogP contribution in [-0.4, -0.2) is 68.5 Å². The molecule has 0 aromatic rings. The molecular weight excluding hydrogens is 587 g/mol. The van der Waals surface area contributed by atoms with Crippen molar-refractivity contribution in [2.45, 2.75) is 174 Å². The van der Waals surface area contributed by atoms with E-state index >= 15 is 0 Å². The lowest BCUT2D eigenvalue weighted by atomic mass is 10.0. The summed E-state index contributed by atoms with van der Waals surface area (Å²) in [4.78, 5) is 25.1. The second-order valence-corrected chi connectivity index (χ2v) is 15.3. The van der Waals surface area contributed by atoms with Crippen molar-refractivity contribution in [3.63, 3.8) is 0 Å². The number of nitrogens with zero attached hydrogens (tertiary/aromatic N) is 1. The van der Waals surface area contributed by atoms with Crippen LogP contribution in [0.15, 0.2) is 12.2 Å². The fraction of sp³-hybridized carbons (Fsp3) is 0.917. The summed E-state index contributed by atoms with van der Waals surface area (Å²) in [7, 11) is 1.29. The number of nitrogens with one attached hydrogen (secondary N) is 1. The summed E-state index contributed by atoms with van der Waals surface area (Å²) in [5.41, 5.74) is 0. The van der Waals surface area contributed by atoms with Crippen LogP contribution in [0.4, 0.5) is 0 Å². The molecule has 8 nitrogen and oxygen atoms in total. The Bertz CT molecular complexity index is 758. The minimum Gasteiger partial charge on any atom is -0.756 e. The van der Waals surface area contributed by atoms with Crippen molar-refractivity contribution >= 4 is 13.7 Å². The SMILES string of the molecule is CCCCCCCCCC/C=C/CCCC[C@@H](O)[C@H](COP(=O)([O-])OCC[N+](C)(C)C)NC(=O)CCCCCCCCCCC. The molecule has 2 N–H and O–H groups in total. The lowest BCUT2D eigenvalue weighted by Crippen LogP contribution is -2.46. The van der Waals surface area contributed by atoms with Gasteiger partial charge in [0.1, 0.15) is 13.2 Å². The Morgan fingerprint density at radius 1 is 0.756 bits per heavy atom. The number of likely N-dealkylation sites (N-methyl/N-ethyl adjacent to an activating group) is 1. The molecular formula is C36H73N2O6P. The Balaban J connectivity index is 4.52. The fourth-order valence-electron chi connectivity index (χ4n) is 5.21. The van der Waals surface area contributed by atoms with E-state index in [0.717, 1.165) is 44.9 Å².